The number of anilines is 1. The lowest BCUT2D eigenvalue weighted by atomic mass is 10.1. The van der Waals surface area contributed by atoms with E-state index < -0.39 is 6.10 Å². The van der Waals surface area contributed by atoms with Crippen LogP contribution in [0, 0.1) is 5.82 Å². The van der Waals surface area contributed by atoms with E-state index in [4.69, 9.17) is 0 Å². The lowest BCUT2D eigenvalue weighted by Gasteiger charge is -2.26. The Hall–Kier alpha value is -1.13. The maximum atomic E-state index is 13.3. The van der Waals surface area contributed by atoms with Crippen LogP contribution in [-0.2, 0) is 0 Å². The topological polar surface area (TPSA) is 26.7 Å². The Morgan fingerprint density at radius 3 is 2.72 bits per heavy atom. The van der Waals surface area contributed by atoms with Crippen molar-refractivity contribution in [2.75, 3.05) is 38.1 Å². The fourth-order valence-electron chi connectivity index (χ4n) is 2.44. The van der Waals surface area contributed by atoms with E-state index >= 15 is 0 Å². The second-order valence-corrected chi connectivity index (χ2v) is 5.02. The van der Waals surface area contributed by atoms with Crippen LogP contribution in [0.25, 0.3) is 0 Å². The third-order valence-electron chi connectivity index (χ3n) is 3.50. The van der Waals surface area contributed by atoms with Crippen molar-refractivity contribution in [3.05, 3.63) is 29.6 Å². The van der Waals surface area contributed by atoms with Gasteiger partial charge in [-0.05, 0) is 45.1 Å². The molecule has 1 N–H and O–H groups in total. The molecule has 1 fully saturated rings. The van der Waals surface area contributed by atoms with Crippen LogP contribution < -0.4 is 4.90 Å². The van der Waals surface area contributed by atoms with Crippen LogP contribution in [0.2, 0.25) is 0 Å². The predicted molar refractivity (Wildman–Crippen MR) is 71.4 cm³/mol. The molecule has 0 unspecified atom stereocenters. The number of aliphatic hydroxyl groups excluding tert-OH is 1. The highest BCUT2D eigenvalue weighted by Gasteiger charge is 2.17. The van der Waals surface area contributed by atoms with E-state index in [9.17, 15) is 9.50 Å². The molecule has 0 aliphatic carbocycles. The standard InChI is InChI=1S/C14H21FN2O/c1-11(18)13-10-12(15)4-5-14(13)17-7-3-6-16(2)8-9-17/h4-5,10-11,18H,3,6-9H2,1-2H3/t11-/m0/s1. The SMILES string of the molecule is C[C@H](O)c1cc(F)ccc1N1CCCN(C)CC1. The molecular weight excluding hydrogens is 231 g/mol. The molecule has 3 nitrogen and oxygen atoms in total. The van der Waals surface area contributed by atoms with E-state index in [1.165, 1.54) is 12.1 Å². The van der Waals surface area contributed by atoms with Gasteiger partial charge in [0.1, 0.15) is 5.82 Å². The van der Waals surface area contributed by atoms with Gasteiger partial charge in [0.15, 0.2) is 0 Å². The summed E-state index contributed by atoms with van der Waals surface area (Å²) in [6.45, 7) is 5.64. The minimum atomic E-state index is -0.642. The summed E-state index contributed by atoms with van der Waals surface area (Å²) < 4.78 is 13.3. The van der Waals surface area contributed by atoms with Crippen LogP contribution >= 0.6 is 0 Å². The summed E-state index contributed by atoms with van der Waals surface area (Å²) in [7, 11) is 2.11. The van der Waals surface area contributed by atoms with Crippen LogP contribution in [0.1, 0.15) is 25.0 Å². The highest BCUT2D eigenvalue weighted by Crippen LogP contribution is 2.28. The Bertz CT molecular complexity index is 409. The molecule has 0 amide bonds. The first-order valence-electron chi connectivity index (χ1n) is 6.49. The molecule has 1 atom stereocenters. The van der Waals surface area contributed by atoms with Crippen LogP contribution in [0.5, 0.6) is 0 Å². The number of nitrogens with zero attached hydrogens (tertiary/aromatic N) is 2. The van der Waals surface area contributed by atoms with Crippen molar-refractivity contribution in [1.29, 1.82) is 0 Å². The molecule has 0 bridgehead atoms. The highest BCUT2D eigenvalue weighted by molar-refractivity contribution is 5.55. The Morgan fingerprint density at radius 2 is 2.00 bits per heavy atom. The highest BCUT2D eigenvalue weighted by atomic mass is 19.1. The van der Waals surface area contributed by atoms with Crippen LogP contribution in [0.15, 0.2) is 18.2 Å². The molecular formula is C14H21FN2O. The summed E-state index contributed by atoms with van der Waals surface area (Å²) in [5.74, 6) is -0.290. The Kier molecular flexibility index (Phi) is 4.19. The number of likely N-dealkylation sites (N-methyl/N-ethyl adjacent to an activating group) is 1. The third kappa shape index (κ3) is 3.00. The van der Waals surface area contributed by atoms with Crippen LogP contribution in [0.4, 0.5) is 10.1 Å². The second kappa shape index (κ2) is 5.67. The number of halogens is 1. The van der Waals surface area contributed by atoms with E-state index in [0.717, 1.165) is 38.3 Å². The van der Waals surface area contributed by atoms with Crippen molar-refractivity contribution in [2.24, 2.45) is 0 Å². The molecule has 0 spiro atoms. The monoisotopic (exact) mass is 252 g/mol. The summed E-state index contributed by atoms with van der Waals surface area (Å²) in [4.78, 5) is 4.54. The molecule has 0 radical (unpaired) electrons. The average Bonchev–Trinajstić information content (AvgIpc) is 2.54. The Labute approximate surface area is 108 Å². The van der Waals surface area contributed by atoms with E-state index in [1.807, 2.05) is 0 Å². The van der Waals surface area contributed by atoms with Gasteiger partial charge in [0, 0.05) is 30.9 Å². The fraction of sp³-hybridized carbons (Fsp3) is 0.571. The lowest BCUT2D eigenvalue weighted by molar-refractivity contribution is 0.199. The zero-order valence-electron chi connectivity index (χ0n) is 11.1. The number of hydrogen-bond donors (Lipinski definition) is 1. The van der Waals surface area contributed by atoms with Crippen molar-refractivity contribution in [3.8, 4) is 0 Å². The molecule has 1 saturated heterocycles. The Morgan fingerprint density at radius 1 is 1.22 bits per heavy atom. The molecule has 1 aliphatic heterocycles. The minimum Gasteiger partial charge on any atom is -0.389 e. The zero-order chi connectivity index (χ0) is 13.1. The minimum absolute atomic E-state index is 0.290. The van der Waals surface area contributed by atoms with Gasteiger partial charge in [-0.2, -0.15) is 0 Å². The van der Waals surface area contributed by atoms with E-state index in [0.29, 0.717) is 5.56 Å². The first kappa shape index (κ1) is 13.3. The van der Waals surface area contributed by atoms with Gasteiger partial charge in [-0.15, -0.1) is 0 Å². The summed E-state index contributed by atoms with van der Waals surface area (Å²) in [5.41, 5.74) is 1.64. The van der Waals surface area contributed by atoms with Crippen LogP contribution in [0.3, 0.4) is 0 Å². The van der Waals surface area contributed by atoms with Gasteiger partial charge >= 0.3 is 0 Å². The first-order chi connectivity index (χ1) is 8.58. The fourth-order valence-corrected chi connectivity index (χ4v) is 2.44. The summed E-state index contributed by atoms with van der Waals surface area (Å²) in [6, 6.07) is 4.69. The quantitative estimate of drug-likeness (QED) is 0.872. The maximum Gasteiger partial charge on any atom is 0.123 e. The summed E-state index contributed by atoms with van der Waals surface area (Å²) in [5, 5.41) is 9.78. The van der Waals surface area contributed by atoms with Crippen molar-refractivity contribution >= 4 is 5.69 Å². The molecule has 1 aromatic carbocycles. The molecule has 4 heteroatoms. The molecule has 18 heavy (non-hydrogen) atoms. The van der Waals surface area contributed by atoms with Gasteiger partial charge in [0.05, 0.1) is 6.10 Å². The molecule has 0 aromatic heterocycles. The normalized spacial score (nSPS) is 19.7. The van der Waals surface area contributed by atoms with Gasteiger partial charge in [-0.3, -0.25) is 0 Å². The molecule has 2 rings (SSSR count). The smallest absolute Gasteiger partial charge is 0.123 e. The summed E-state index contributed by atoms with van der Waals surface area (Å²) in [6.07, 6.45) is 0.448. The molecule has 1 aliphatic rings. The largest absolute Gasteiger partial charge is 0.389 e. The maximum absolute atomic E-state index is 13.3. The molecule has 1 aromatic rings. The van der Waals surface area contributed by atoms with Crippen molar-refractivity contribution in [2.45, 2.75) is 19.4 Å². The van der Waals surface area contributed by atoms with E-state index in [2.05, 4.69) is 16.8 Å². The number of rotatable bonds is 2. The van der Waals surface area contributed by atoms with Gasteiger partial charge in [0.25, 0.3) is 0 Å². The molecule has 1 heterocycles. The predicted octanol–water partition coefficient (Wildman–Crippen LogP) is 2.02. The lowest BCUT2D eigenvalue weighted by Crippen LogP contribution is -2.29. The van der Waals surface area contributed by atoms with E-state index in [-0.39, 0.29) is 5.82 Å². The second-order valence-electron chi connectivity index (χ2n) is 5.02. The summed E-state index contributed by atoms with van der Waals surface area (Å²) >= 11 is 0. The Balaban J connectivity index is 2.26. The van der Waals surface area contributed by atoms with Crippen molar-refractivity contribution < 1.29 is 9.50 Å². The first-order valence-corrected chi connectivity index (χ1v) is 6.49. The van der Waals surface area contributed by atoms with Gasteiger partial charge in [-0.25, -0.2) is 4.39 Å². The molecule has 0 saturated carbocycles. The van der Waals surface area contributed by atoms with Crippen molar-refractivity contribution in [1.82, 2.24) is 4.90 Å². The van der Waals surface area contributed by atoms with Gasteiger partial charge in [-0.1, -0.05) is 0 Å². The average molecular weight is 252 g/mol. The van der Waals surface area contributed by atoms with Gasteiger partial charge in [0.2, 0.25) is 0 Å². The molecule has 100 valence electrons. The zero-order valence-corrected chi connectivity index (χ0v) is 11.1. The number of hydrogen-bond acceptors (Lipinski definition) is 3. The number of benzene rings is 1. The van der Waals surface area contributed by atoms with Crippen molar-refractivity contribution in [3.63, 3.8) is 0 Å². The van der Waals surface area contributed by atoms with E-state index in [1.54, 1.807) is 13.0 Å². The third-order valence-corrected chi connectivity index (χ3v) is 3.50. The number of aliphatic hydroxyl groups is 1. The van der Waals surface area contributed by atoms with Gasteiger partial charge < -0.3 is 14.9 Å². The van der Waals surface area contributed by atoms with Crippen LogP contribution in [-0.4, -0.2) is 43.2 Å².